The number of benzene rings is 3. The van der Waals surface area contributed by atoms with E-state index < -0.39 is 24.6 Å². The van der Waals surface area contributed by atoms with Crippen LogP contribution in [0.5, 0.6) is 0 Å². The number of anilines is 1. The van der Waals surface area contributed by atoms with Crippen molar-refractivity contribution in [2.75, 3.05) is 25.6 Å². The summed E-state index contributed by atoms with van der Waals surface area (Å²) in [7, 11) is 1.37. The molecule has 0 aliphatic heterocycles. The molecule has 0 fully saturated rings. The van der Waals surface area contributed by atoms with E-state index in [0.29, 0.717) is 11.3 Å². The van der Waals surface area contributed by atoms with E-state index >= 15 is 0 Å². The molecule has 8 heteroatoms. The van der Waals surface area contributed by atoms with Crippen LogP contribution >= 0.6 is 0 Å². The van der Waals surface area contributed by atoms with Crippen LogP contribution in [-0.2, 0) is 19.2 Å². The summed E-state index contributed by atoms with van der Waals surface area (Å²) < 4.78 is 5.56. The number of carboxylic acid groups (broad SMARTS) is 1. The summed E-state index contributed by atoms with van der Waals surface area (Å²) in [5.41, 5.74) is 5.83. The first-order valence-electron chi connectivity index (χ1n) is 11.2. The molecule has 1 atom stereocenters. The fourth-order valence-corrected chi connectivity index (χ4v) is 4.24. The van der Waals surface area contributed by atoms with E-state index in [4.69, 9.17) is 14.7 Å². The lowest BCUT2D eigenvalue weighted by Gasteiger charge is -2.20. The van der Waals surface area contributed by atoms with Crippen LogP contribution in [0.25, 0.3) is 11.1 Å². The molecule has 0 saturated heterocycles. The van der Waals surface area contributed by atoms with E-state index in [0.717, 1.165) is 27.3 Å². The van der Waals surface area contributed by atoms with Gasteiger partial charge in [0, 0.05) is 18.7 Å². The quantitative estimate of drug-likeness (QED) is 0.462. The Balaban J connectivity index is 1.34. The number of nitrogens with one attached hydrogen (secondary N) is 1. The third-order valence-electron chi connectivity index (χ3n) is 6.06. The highest BCUT2D eigenvalue weighted by atomic mass is 16.7. The van der Waals surface area contributed by atoms with E-state index in [1.54, 1.807) is 31.2 Å². The van der Waals surface area contributed by atoms with Crippen molar-refractivity contribution in [3.63, 3.8) is 0 Å². The lowest BCUT2D eigenvalue weighted by Crippen LogP contribution is -2.32. The van der Waals surface area contributed by atoms with Gasteiger partial charge < -0.3 is 9.84 Å². The molecule has 35 heavy (non-hydrogen) atoms. The van der Waals surface area contributed by atoms with Crippen LogP contribution in [0.4, 0.5) is 10.5 Å². The standard InChI is InChI=1S/C27H26N2O6/c1-17(26(32)29(2)35-16-25(30)31)18-11-13-19(14-12-18)28-27(33)34-15-24-22-9-5-3-7-20(22)21-8-4-6-10-23(21)24/h3-14,17,24H,15-16H2,1-2H3,(H,28,33)(H,30,31). The Morgan fingerprint density at radius 2 is 1.51 bits per heavy atom. The lowest BCUT2D eigenvalue weighted by molar-refractivity contribution is -0.186. The molecule has 0 radical (unpaired) electrons. The van der Waals surface area contributed by atoms with Crippen LogP contribution in [0, 0.1) is 0 Å². The molecule has 3 aromatic rings. The first kappa shape index (κ1) is 24.0. The molecular weight excluding hydrogens is 448 g/mol. The van der Waals surface area contributed by atoms with E-state index in [9.17, 15) is 14.4 Å². The average Bonchev–Trinajstić information content (AvgIpc) is 3.19. The van der Waals surface area contributed by atoms with E-state index in [1.807, 2.05) is 24.3 Å². The van der Waals surface area contributed by atoms with E-state index in [2.05, 4.69) is 29.6 Å². The van der Waals surface area contributed by atoms with Gasteiger partial charge in [-0.05, 0) is 46.9 Å². The van der Waals surface area contributed by atoms with Crippen LogP contribution in [0.2, 0.25) is 0 Å². The molecule has 1 unspecified atom stereocenters. The Bertz CT molecular complexity index is 1190. The summed E-state index contributed by atoms with van der Waals surface area (Å²) in [6, 6.07) is 23.1. The fraction of sp³-hybridized carbons (Fsp3) is 0.222. The van der Waals surface area contributed by atoms with Gasteiger partial charge in [0.25, 0.3) is 5.91 Å². The molecule has 0 aromatic heterocycles. The monoisotopic (exact) mass is 474 g/mol. The summed E-state index contributed by atoms with van der Waals surface area (Å²) in [6.07, 6.45) is -0.564. The van der Waals surface area contributed by atoms with Gasteiger partial charge >= 0.3 is 12.1 Å². The molecule has 2 amide bonds. The Morgan fingerprint density at radius 1 is 0.943 bits per heavy atom. The third-order valence-corrected chi connectivity index (χ3v) is 6.06. The van der Waals surface area contributed by atoms with Gasteiger partial charge in [-0.1, -0.05) is 60.7 Å². The number of fused-ring (bicyclic) bond motifs is 3. The highest BCUT2D eigenvalue weighted by molar-refractivity contribution is 5.86. The first-order chi connectivity index (χ1) is 16.8. The molecule has 0 spiro atoms. The predicted octanol–water partition coefficient (Wildman–Crippen LogP) is 4.63. The Labute approximate surface area is 203 Å². The molecule has 1 aliphatic rings. The molecule has 1 aliphatic carbocycles. The SMILES string of the molecule is CC(C(=O)N(C)OCC(=O)O)c1ccc(NC(=O)OCC2c3ccccc3-c3ccccc32)cc1. The maximum Gasteiger partial charge on any atom is 0.411 e. The average molecular weight is 475 g/mol. The second kappa shape index (κ2) is 10.4. The fourth-order valence-electron chi connectivity index (χ4n) is 4.24. The van der Waals surface area contributed by atoms with Gasteiger partial charge in [-0.2, -0.15) is 0 Å². The molecule has 180 valence electrons. The summed E-state index contributed by atoms with van der Waals surface area (Å²) in [4.78, 5) is 40.4. The van der Waals surface area contributed by atoms with Crippen molar-refractivity contribution >= 4 is 23.7 Å². The van der Waals surface area contributed by atoms with Gasteiger partial charge in [-0.25, -0.2) is 14.7 Å². The maximum absolute atomic E-state index is 12.5. The zero-order valence-electron chi connectivity index (χ0n) is 19.4. The summed E-state index contributed by atoms with van der Waals surface area (Å²) in [5.74, 6) is -2.13. The Kier molecular flexibility index (Phi) is 7.12. The Hall–Kier alpha value is -4.17. The molecule has 0 heterocycles. The number of hydroxylamine groups is 2. The van der Waals surface area contributed by atoms with Gasteiger partial charge in [-0.3, -0.25) is 14.9 Å². The molecule has 2 N–H and O–H groups in total. The number of hydrogen-bond donors (Lipinski definition) is 2. The van der Waals surface area contributed by atoms with E-state index in [1.165, 1.54) is 7.05 Å². The summed E-state index contributed by atoms with van der Waals surface area (Å²) in [5, 5.41) is 12.3. The zero-order valence-corrected chi connectivity index (χ0v) is 19.4. The minimum absolute atomic E-state index is 0.0253. The second-order valence-corrected chi connectivity index (χ2v) is 8.30. The lowest BCUT2D eigenvalue weighted by atomic mass is 9.98. The van der Waals surface area contributed by atoms with Crippen LogP contribution in [0.1, 0.15) is 35.4 Å². The van der Waals surface area contributed by atoms with Crippen molar-refractivity contribution in [3.8, 4) is 11.1 Å². The molecule has 0 bridgehead atoms. The molecular formula is C27H26N2O6. The number of ether oxygens (including phenoxy) is 1. The third kappa shape index (κ3) is 5.33. The number of likely N-dealkylation sites (N-methyl/N-ethyl adjacent to an activating group) is 1. The van der Waals surface area contributed by atoms with Crippen molar-refractivity contribution in [1.82, 2.24) is 5.06 Å². The maximum atomic E-state index is 12.5. The summed E-state index contributed by atoms with van der Waals surface area (Å²) in [6.45, 7) is 1.31. The number of nitrogens with zero attached hydrogens (tertiary/aromatic N) is 1. The van der Waals surface area contributed by atoms with Gasteiger partial charge in [0.2, 0.25) is 0 Å². The number of carboxylic acids is 1. The van der Waals surface area contributed by atoms with Crippen molar-refractivity contribution in [3.05, 3.63) is 89.5 Å². The first-order valence-corrected chi connectivity index (χ1v) is 11.2. The topological polar surface area (TPSA) is 105 Å². The molecule has 4 rings (SSSR count). The number of hydrogen-bond acceptors (Lipinski definition) is 5. The van der Waals surface area contributed by atoms with Crippen LogP contribution in [-0.4, -0.2) is 48.4 Å². The van der Waals surface area contributed by atoms with Crippen LogP contribution < -0.4 is 5.32 Å². The number of aliphatic carboxylic acids is 1. The smallest absolute Gasteiger partial charge is 0.411 e. The number of rotatable bonds is 8. The number of carbonyl (C=O) groups excluding carboxylic acids is 2. The minimum Gasteiger partial charge on any atom is -0.479 e. The van der Waals surface area contributed by atoms with E-state index in [-0.39, 0.29) is 18.4 Å². The van der Waals surface area contributed by atoms with Gasteiger partial charge in [0.15, 0.2) is 6.61 Å². The molecule has 0 saturated carbocycles. The normalized spacial score (nSPS) is 12.9. The number of carbonyl (C=O) groups is 3. The zero-order chi connectivity index (χ0) is 24.9. The van der Waals surface area contributed by atoms with Crippen molar-refractivity contribution in [2.24, 2.45) is 0 Å². The summed E-state index contributed by atoms with van der Waals surface area (Å²) >= 11 is 0. The van der Waals surface area contributed by atoms with Crippen molar-refractivity contribution in [2.45, 2.75) is 18.8 Å². The van der Waals surface area contributed by atoms with Crippen molar-refractivity contribution < 1.29 is 29.1 Å². The predicted molar refractivity (Wildman–Crippen MR) is 130 cm³/mol. The van der Waals surface area contributed by atoms with Crippen LogP contribution in [0.3, 0.4) is 0 Å². The van der Waals surface area contributed by atoms with Crippen molar-refractivity contribution in [1.29, 1.82) is 0 Å². The van der Waals surface area contributed by atoms with Gasteiger partial charge in [0.05, 0.1) is 5.92 Å². The highest BCUT2D eigenvalue weighted by Gasteiger charge is 2.29. The minimum atomic E-state index is -1.17. The Morgan fingerprint density at radius 3 is 2.09 bits per heavy atom. The largest absolute Gasteiger partial charge is 0.479 e. The number of amides is 2. The van der Waals surface area contributed by atoms with Gasteiger partial charge in [-0.15, -0.1) is 0 Å². The highest BCUT2D eigenvalue weighted by Crippen LogP contribution is 2.44. The molecule has 8 nitrogen and oxygen atoms in total. The second-order valence-electron chi connectivity index (χ2n) is 8.30. The van der Waals surface area contributed by atoms with Gasteiger partial charge in [0.1, 0.15) is 6.61 Å². The molecule has 3 aromatic carbocycles. The van der Waals surface area contributed by atoms with Crippen LogP contribution in [0.15, 0.2) is 72.8 Å².